The molecular formula is C21H30O. The standard InChI is InChI=1S/C21H30O/c1-4-21(22)14-11-18-16-9-8-15-7-5-6-12-19(15,2)17(16)10-13-20(18,21)3/h1,5-6,15-18,22H,7-14H2,2-3H3/t15-,16-,17+,18+,19+,20+,21-/m1/s1. The van der Waals surface area contributed by atoms with Gasteiger partial charge < -0.3 is 5.11 Å². The van der Waals surface area contributed by atoms with Crippen molar-refractivity contribution in [2.75, 3.05) is 0 Å². The summed E-state index contributed by atoms with van der Waals surface area (Å²) in [6, 6.07) is 0. The molecular weight excluding hydrogens is 268 g/mol. The second kappa shape index (κ2) is 4.64. The Labute approximate surface area is 135 Å². The van der Waals surface area contributed by atoms with Crippen molar-refractivity contribution >= 4 is 0 Å². The van der Waals surface area contributed by atoms with Crippen LogP contribution in [-0.2, 0) is 0 Å². The van der Waals surface area contributed by atoms with Crippen LogP contribution >= 0.6 is 0 Å². The number of allylic oxidation sites excluding steroid dienone is 2. The monoisotopic (exact) mass is 298 g/mol. The van der Waals surface area contributed by atoms with E-state index in [1.165, 1.54) is 32.1 Å². The molecule has 0 saturated heterocycles. The zero-order valence-electron chi connectivity index (χ0n) is 14.1. The summed E-state index contributed by atoms with van der Waals surface area (Å²) >= 11 is 0. The maximum Gasteiger partial charge on any atom is 0.130 e. The quantitative estimate of drug-likeness (QED) is 0.513. The molecule has 0 radical (unpaired) electrons. The predicted octanol–water partition coefficient (Wildman–Crippen LogP) is 4.56. The fraction of sp³-hybridized carbons (Fsp3) is 0.810. The zero-order chi connectivity index (χ0) is 15.6. The van der Waals surface area contributed by atoms with Crippen LogP contribution < -0.4 is 0 Å². The van der Waals surface area contributed by atoms with E-state index in [0.717, 1.165) is 37.0 Å². The van der Waals surface area contributed by atoms with Gasteiger partial charge in [-0.25, -0.2) is 0 Å². The van der Waals surface area contributed by atoms with Crippen LogP contribution in [0.4, 0.5) is 0 Å². The molecule has 0 bridgehead atoms. The van der Waals surface area contributed by atoms with Gasteiger partial charge in [0, 0.05) is 5.41 Å². The molecule has 1 heteroatoms. The summed E-state index contributed by atoms with van der Waals surface area (Å²) in [6.45, 7) is 4.85. The van der Waals surface area contributed by atoms with Gasteiger partial charge >= 0.3 is 0 Å². The second-order valence-electron chi connectivity index (χ2n) is 9.07. The Morgan fingerprint density at radius 1 is 1.05 bits per heavy atom. The second-order valence-corrected chi connectivity index (χ2v) is 9.07. The van der Waals surface area contributed by atoms with E-state index < -0.39 is 5.60 Å². The Bertz CT molecular complexity index is 543. The lowest BCUT2D eigenvalue weighted by Gasteiger charge is -2.60. The molecule has 0 aromatic rings. The molecule has 1 N–H and O–H groups in total. The number of hydrogen-bond donors (Lipinski definition) is 1. The summed E-state index contributed by atoms with van der Waals surface area (Å²) in [5.41, 5.74) is -0.403. The third kappa shape index (κ3) is 1.66. The van der Waals surface area contributed by atoms with E-state index in [1.54, 1.807) is 0 Å². The SMILES string of the molecule is C#C[C@@]1(O)CC[C@H]2[C@@H]3CC[C@H]4CC=CC[C@]4(C)[C@H]3CC[C@@]21C. The van der Waals surface area contributed by atoms with Crippen molar-refractivity contribution in [1.29, 1.82) is 0 Å². The average Bonchev–Trinajstić information content (AvgIpc) is 2.79. The minimum absolute atomic E-state index is 0.0450. The van der Waals surface area contributed by atoms with E-state index >= 15 is 0 Å². The van der Waals surface area contributed by atoms with Crippen LogP contribution in [0.25, 0.3) is 0 Å². The molecule has 1 nitrogen and oxygen atoms in total. The van der Waals surface area contributed by atoms with Crippen LogP contribution in [0.2, 0.25) is 0 Å². The molecule has 0 unspecified atom stereocenters. The first-order valence-electron chi connectivity index (χ1n) is 9.30. The summed E-state index contributed by atoms with van der Waals surface area (Å²) < 4.78 is 0. The highest BCUT2D eigenvalue weighted by molar-refractivity contribution is 5.23. The van der Waals surface area contributed by atoms with Crippen molar-refractivity contribution < 1.29 is 5.11 Å². The number of terminal acetylenes is 1. The average molecular weight is 298 g/mol. The molecule has 3 fully saturated rings. The highest BCUT2D eigenvalue weighted by Crippen LogP contribution is 2.67. The molecule has 0 amide bonds. The van der Waals surface area contributed by atoms with Gasteiger partial charge in [0.2, 0.25) is 0 Å². The molecule has 0 heterocycles. The van der Waals surface area contributed by atoms with E-state index in [0.29, 0.717) is 11.3 Å². The van der Waals surface area contributed by atoms with Crippen LogP contribution in [0.5, 0.6) is 0 Å². The Kier molecular flexibility index (Phi) is 3.12. The molecule has 0 aromatic heterocycles. The number of aliphatic hydroxyl groups is 1. The summed E-state index contributed by atoms with van der Waals surface area (Å²) in [5.74, 6) is 5.93. The maximum absolute atomic E-state index is 11.0. The minimum Gasteiger partial charge on any atom is -0.377 e. The first-order chi connectivity index (χ1) is 10.4. The predicted molar refractivity (Wildman–Crippen MR) is 90.0 cm³/mol. The van der Waals surface area contributed by atoms with Crippen molar-refractivity contribution in [3.05, 3.63) is 12.2 Å². The molecule has 4 aliphatic carbocycles. The highest BCUT2D eigenvalue weighted by atomic mass is 16.3. The van der Waals surface area contributed by atoms with Crippen LogP contribution in [-0.4, -0.2) is 10.7 Å². The fourth-order valence-electron chi connectivity index (χ4n) is 7.09. The Morgan fingerprint density at radius 2 is 1.82 bits per heavy atom. The smallest absolute Gasteiger partial charge is 0.130 e. The Balaban J connectivity index is 1.68. The highest BCUT2D eigenvalue weighted by Gasteiger charge is 2.63. The minimum atomic E-state index is -0.854. The van der Waals surface area contributed by atoms with E-state index in [9.17, 15) is 5.11 Å². The lowest BCUT2D eigenvalue weighted by molar-refractivity contribution is -0.125. The topological polar surface area (TPSA) is 20.2 Å². The van der Waals surface area contributed by atoms with E-state index in [2.05, 4.69) is 31.9 Å². The molecule has 7 atom stereocenters. The molecule has 120 valence electrons. The number of hydrogen-bond acceptors (Lipinski definition) is 1. The molecule has 22 heavy (non-hydrogen) atoms. The van der Waals surface area contributed by atoms with Crippen molar-refractivity contribution in [3.8, 4) is 12.3 Å². The van der Waals surface area contributed by atoms with E-state index in [-0.39, 0.29) is 5.41 Å². The van der Waals surface area contributed by atoms with Crippen molar-refractivity contribution in [2.45, 2.75) is 70.8 Å². The van der Waals surface area contributed by atoms with E-state index in [4.69, 9.17) is 6.42 Å². The third-order valence-corrected chi connectivity index (χ3v) is 8.60. The summed E-state index contributed by atoms with van der Waals surface area (Å²) in [5, 5.41) is 11.0. The van der Waals surface area contributed by atoms with Crippen molar-refractivity contribution in [3.63, 3.8) is 0 Å². The van der Waals surface area contributed by atoms with Gasteiger partial charge in [-0.1, -0.05) is 31.9 Å². The van der Waals surface area contributed by atoms with Crippen molar-refractivity contribution in [1.82, 2.24) is 0 Å². The lowest BCUT2D eigenvalue weighted by atomic mass is 9.45. The fourth-order valence-corrected chi connectivity index (χ4v) is 7.09. The molecule has 4 rings (SSSR count). The van der Waals surface area contributed by atoms with Crippen LogP contribution in [0.15, 0.2) is 12.2 Å². The summed E-state index contributed by atoms with van der Waals surface area (Å²) in [6.07, 6.45) is 20.2. The van der Waals surface area contributed by atoms with Crippen molar-refractivity contribution in [2.24, 2.45) is 34.5 Å². The summed E-state index contributed by atoms with van der Waals surface area (Å²) in [4.78, 5) is 0. The Morgan fingerprint density at radius 3 is 2.59 bits per heavy atom. The largest absolute Gasteiger partial charge is 0.377 e. The maximum atomic E-state index is 11.0. The first-order valence-corrected chi connectivity index (χ1v) is 9.30. The summed E-state index contributed by atoms with van der Waals surface area (Å²) in [7, 11) is 0. The lowest BCUT2D eigenvalue weighted by Crippen LogP contribution is -2.55. The molecule has 0 spiro atoms. The molecule has 0 aromatic carbocycles. The van der Waals surface area contributed by atoms with Gasteiger partial charge in [0.15, 0.2) is 0 Å². The van der Waals surface area contributed by atoms with Gasteiger partial charge in [-0.3, -0.25) is 0 Å². The molecule has 0 aliphatic heterocycles. The van der Waals surface area contributed by atoms with Gasteiger partial charge in [-0.2, -0.15) is 0 Å². The third-order valence-electron chi connectivity index (χ3n) is 8.60. The molecule has 4 aliphatic rings. The van der Waals surface area contributed by atoms with Crippen LogP contribution in [0, 0.1) is 46.8 Å². The zero-order valence-corrected chi connectivity index (χ0v) is 14.1. The van der Waals surface area contributed by atoms with Crippen LogP contribution in [0.3, 0.4) is 0 Å². The van der Waals surface area contributed by atoms with Gasteiger partial charge in [0.25, 0.3) is 0 Å². The Hall–Kier alpha value is -0.740. The number of rotatable bonds is 0. The first kappa shape index (κ1) is 14.8. The normalized spacial score (nSPS) is 56.6. The number of fused-ring (bicyclic) bond motifs is 5. The van der Waals surface area contributed by atoms with E-state index in [1.807, 2.05) is 0 Å². The van der Waals surface area contributed by atoms with Gasteiger partial charge in [0.1, 0.15) is 5.60 Å². The van der Waals surface area contributed by atoms with Gasteiger partial charge in [-0.05, 0) is 80.5 Å². The van der Waals surface area contributed by atoms with Gasteiger partial charge in [0.05, 0.1) is 0 Å². The van der Waals surface area contributed by atoms with Gasteiger partial charge in [-0.15, -0.1) is 6.42 Å². The molecule has 3 saturated carbocycles. The van der Waals surface area contributed by atoms with Crippen LogP contribution in [0.1, 0.15) is 65.2 Å².